The van der Waals surface area contributed by atoms with Crippen molar-refractivity contribution in [3.05, 3.63) is 33.5 Å². The summed E-state index contributed by atoms with van der Waals surface area (Å²) in [5, 5.41) is 3.32. The van der Waals surface area contributed by atoms with E-state index in [1.807, 2.05) is 19.1 Å². The Hall–Kier alpha value is -0.450. The molecule has 0 radical (unpaired) electrons. The van der Waals surface area contributed by atoms with E-state index in [2.05, 4.69) is 26.1 Å². The molecule has 0 bridgehead atoms. The highest BCUT2D eigenvalue weighted by Gasteiger charge is 2.12. The number of nitrogens with zero attached hydrogens (tertiary/aromatic N) is 1. The number of benzene rings is 1. The van der Waals surface area contributed by atoms with Gasteiger partial charge in [-0.3, -0.25) is 0 Å². The minimum absolute atomic E-state index is 0.0525. The second-order valence-corrected chi connectivity index (χ2v) is 5.45. The van der Waals surface area contributed by atoms with E-state index in [-0.39, 0.29) is 5.82 Å². The number of halogens is 2. The fraction of sp³-hybridized carbons (Fsp3) is 0.538. The molecular formula is C13H18BrFN2. The lowest BCUT2D eigenvalue weighted by Crippen LogP contribution is -2.44. The third-order valence-electron chi connectivity index (χ3n) is 3.20. The summed E-state index contributed by atoms with van der Waals surface area (Å²) in [5.41, 5.74) is 1.53. The maximum absolute atomic E-state index is 13.9. The molecule has 2 rings (SSSR count). The van der Waals surface area contributed by atoms with Gasteiger partial charge in [0.05, 0.1) is 0 Å². The first-order valence-corrected chi connectivity index (χ1v) is 6.84. The van der Waals surface area contributed by atoms with Gasteiger partial charge in [-0.2, -0.15) is 0 Å². The summed E-state index contributed by atoms with van der Waals surface area (Å²) >= 11 is 3.42. The average molecular weight is 301 g/mol. The van der Waals surface area contributed by atoms with Gasteiger partial charge in [0.25, 0.3) is 0 Å². The highest BCUT2D eigenvalue weighted by molar-refractivity contribution is 9.10. The smallest absolute Gasteiger partial charge is 0.129 e. The summed E-state index contributed by atoms with van der Waals surface area (Å²) in [6, 6.07) is 3.72. The van der Waals surface area contributed by atoms with E-state index in [9.17, 15) is 4.39 Å². The van der Waals surface area contributed by atoms with E-state index < -0.39 is 0 Å². The Morgan fingerprint density at radius 3 is 2.76 bits per heavy atom. The van der Waals surface area contributed by atoms with Crippen LogP contribution in [-0.2, 0) is 6.42 Å². The van der Waals surface area contributed by atoms with Crippen LogP contribution in [-0.4, -0.2) is 37.6 Å². The van der Waals surface area contributed by atoms with Crippen LogP contribution in [0, 0.1) is 12.7 Å². The van der Waals surface area contributed by atoms with E-state index in [1.165, 1.54) is 0 Å². The number of hydrogen-bond donors (Lipinski definition) is 1. The van der Waals surface area contributed by atoms with Crippen molar-refractivity contribution >= 4 is 15.9 Å². The van der Waals surface area contributed by atoms with Gasteiger partial charge in [-0.05, 0) is 36.6 Å². The van der Waals surface area contributed by atoms with Crippen LogP contribution in [0.5, 0.6) is 0 Å². The molecule has 4 heteroatoms. The molecule has 0 aliphatic carbocycles. The van der Waals surface area contributed by atoms with Gasteiger partial charge in [0.2, 0.25) is 0 Å². The van der Waals surface area contributed by atoms with Crippen molar-refractivity contribution in [3.63, 3.8) is 0 Å². The molecule has 1 aromatic rings. The van der Waals surface area contributed by atoms with Gasteiger partial charge in [0, 0.05) is 37.2 Å². The SMILES string of the molecule is Cc1cc(Br)cc(CCN2CCNCC2)c1F. The molecule has 0 amide bonds. The van der Waals surface area contributed by atoms with Gasteiger partial charge in [-0.15, -0.1) is 0 Å². The van der Waals surface area contributed by atoms with Crippen LogP contribution in [0.3, 0.4) is 0 Å². The molecule has 1 heterocycles. The quantitative estimate of drug-likeness (QED) is 0.922. The van der Waals surface area contributed by atoms with Crippen molar-refractivity contribution in [2.24, 2.45) is 0 Å². The first-order chi connectivity index (χ1) is 8.16. The van der Waals surface area contributed by atoms with Crippen LogP contribution in [0.2, 0.25) is 0 Å². The lowest BCUT2D eigenvalue weighted by Gasteiger charge is -2.27. The fourth-order valence-electron chi connectivity index (χ4n) is 2.19. The molecule has 0 spiro atoms. The van der Waals surface area contributed by atoms with Gasteiger partial charge in [-0.1, -0.05) is 15.9 Å². The van der Waals surface area contributed by atoms with Crippen LogP contribution < -0.4 is 5.32 Å². The molecule has 0 aromatic heterocycles. The molecule has 1 fully saturated rings. The summed E-state index contributed by atoms with van der Waals surface area (Å²) in [6.07, 6.45) is 0.784. The predicted molar refractivity (Wildman–Crippen MR) is 71.9 cm³/mol. The fourth-order valence-corrected chi connectivity index (χ4v) is 2.81. The van der Waals surface area contributed by atoms with Crippen molar-refractivity contribution in [1.29, 1.82) is 0 Å². The lowest BCUT2D eigenvalue weighted by atomic mass is 10.1. The Morgan fingerprint density at radius 2 is 2.06 bits per heavy atom. The van der Waals surface area contributed by atoms with Gasteiger partial charge in [0.1, 0.15) is 5.82 Å². The van der Waals surface area contributed by atoms with Crippen LogP contribution in [0.15, 0.2) is 16.6 Å². The summed E-state index contributed by atoms with van der Waals surface area (Å²) < 4.78 is 14.8. The molecule has 0 unspecified atom stereocenters. The Bertz CT molecular complexity index is 389. The number of piperazine rings is 1. The van der Waals surface area contributed by atoms with Gasteiger partial charge in [0.15, 0.2) is 0 Å². The van der Waals surface area contributed by atoms with E-state index in [4.69, 9.17) is 0 Å². The first-order valence-electron chi connectivity index (χ1n) is 6.04. The number of hydrogen-bond acceptors (Lipinski definition) is 2. The second kappa shape index (κ2) is 5.94. The van der Waals surface area contributed by atoms with Crippen molar-refractivity contribution in [1.82, 2.24) is 10.2 Å². The second-order valence-electron chi connectivity index (χ2n) is 4.54. The summed E-state index contributed by atoms with van der Waals surface area (Å²) in [5.74, 6) is -0.0525. The lowest BCUT2D eigenvalue weighted by molar-refractivity contribution is 0.243. The Labute approximate surface area is 110 Å². The predicted octanol–water partition coefficient (Wildman–Crippen LogP) is 2.34. The largest absolute Gasteiger partial charge is 0.314 e. The molecule has 0 atom stereocenters. The van der Waals surface area contributed by atoms with Crippen molar-refractivity contribution in [2.75, 3.05) is 32.7 Å². The minimum atomic E-state index is -0.0525. The summed E-state index contributed by atoms with van der Waals surface area (Å²) in [7, 11) is 0. The van der Waals surface area contributed by atoms with Gasteiger partial charge in [-0.25, -0.2) is 4.39 Å². The third-order valence-corrected chi connectivity index (χ3v) is 3.66. The van der Waals surface area contributed by atoms with Crippen LogP contribution in [0.1, 0.15) is 11.1 Å². The van der Waals surface area contributed by atoms with E-state index in [1.54, 1.807) is 0 Å². The molecule has 1 aliphatic heterocycles. The highest BCUT2D eigenvalue weighted by atomic mass is 79.9. The highest BCUT2D eigenvalue weighted by Crippen LogP contribution is 2.20. The zero-order valence-corrected chi connectivity index (χ0v) is 11.7. The molecule has 1 N–H and O–H groups in total. The van der Waals surface area contributed by atoms with Gasteiger partial charge < -0.3 is 10.2 Å². The van der Waals surface area contributed by atoms with Crippen molar-refractivity contribution in [3.8, 4) is 0 Å². The third kappa shape index (κ3) is 3.50. The molecule has 2 nitrogen and oxygen atoms in total. The molecule has 1 aliphatic rings. The molecule has 0 saturated carbocycles. The maximum atomic E-state index is 13.9. The maximum Gasteiger partial charge on any atom is 0.129 e. The summed E-state index contributed by atoms with van der Waals surface area (Å²) in [4.78, 5) is 2.38. The average Bonchev–Trinajstić information content (AvgIpc) is 2.33. The zero-order chi connectivity index (χ0) is 12.3. The number of rotatable bonds is 3. The number of nitrogens with one attached hydrogen (secondary N) is 1. The van der Waals surface area contributed by atoms with Crippen LogP contribution >= 0.6 is 15.9 Å². The van der Waals surface area contributed by atoms with Crippen molar-refractivity contribution < 1.29 is 4.39 Å². The molecule has 1 aromatic carbocycles. The Balaban J connectivity index is 1.98. The van der Waals surface area contributed by atoms with E-state index in [0.717, 1.165) is 54.7 Å². The zero-order valence-electron chi connectivity index (χ0n) is 10.1. The van der Waals surface area contributed by atoms with Crippen LogP contribution in [0.4, 0.5) is 4.39 Å². The van der Waals surface area contributed by atoms with Crippen molar-refractivity contribution in [2.45, 2.75) is 13.3 Å². The number of aryl methyl sites for hydroxylation is 1. The molecule has 1 saturated heterocycles. The first kappa shape index (κ1) is 13.0. The van der Waals surface area contributed by atoms with Crippen LogP contribution in [0.25, 0.3) is 0 Å². The topological polar surface area (TPSA) is 15.3 Å². The Kier molecular flexibility index (Phi) is 4.54. The normalized spacial score (nSPS) is 17.4. The monoisotopic (exact) mass is 300 g/mol. The Morgan fingerprint density at radius 1 is 1.35 bits per heavy atom. The molecule has 94 valence electrons. The standard InChI is InChI=1S/C13H18BrFN2/c1-10-8-12(14)9-11(13(10)15)2-5-17-6-3-16-4-7-17/h8-9,16H,2-7H2,1H3. The minimum Gasteiger partial charge on any atom is -0.314 e. The van der Waals surface area contributed by atoms with E-state index in [0.29, 0.717) is 0 Å². The van der Waals surface area contributed by atoms with E-state index >= 15 is 0 Å². The summed E-state index contributed by atoms with van der Waals surface area (Å²) in [6.45, 7) is 6.96. The molecule has 17 heavy (non-hydrogen) atoms. The van der Waals surface area contributed by atoms with Gasteiger partial charge >= 0.3 is 0 Å². The molecular weight excluding hydrogens is 283 g/mol.